The van der Waals surface area contributed by atoms with Gasteiger partial charge < -0.3 is 28.4 Å². The number of benzene rings is 3. The van der Waals surface area contributed by atoms with E-state index in [2.05, 4.69) is 86.6 Å². The minimum absolute atomic E-state index is 0.0839. The third-order valence-corrected chi connectivity index (χ3v) is 8.68. The quantitative estimate of drug-likeness (QED) is 0.0836. The smallest absolute Gasteiger partial charge is 0.293 e. The molecule has 0 aliphatic carbocycles. The van der Waals surface area contributed by atoms with E-state index in [0.29, 0.717) is 0 Å². The Morgan fingerprint density at radius 3 is 1.22 bits per heavy atom. The highest BCUT2D eigenvalue weighted by molar-refractivity contribution is 5.31. The fraction of sp³-hybridized carbons (Fsp3) is 0.625. The van der Waals surface area contributed by atoms with E-state index in [9.17, 15) is 17.6 Å². The van der Waals surface area contributed by atoms with Crippen molar-refractivity contribution in [1.82, 2.24) is 0 Å². The van der Waals surface area contributed by atoms with Gasteiger partial charge in [0, 0.05) is 20.3 Å². The molecule has 330 valence electrons. The van der Waals surface area contributed by atoms with E-state index >= 15 is 0 Å². The van der Waals surface area contributed by atoms with Gasteiger partial charge >= 0.3 is 0 Å². The topological polar surface area (TPSA) is 55.4 Å². The van der Waals surface area contributed by atoms with E-state index < -0.39 is 38.3 Å². The molecule has 3 aromatic carbocycles. The summed E-state index contributed by atoms with van der Waals surface area (Å²) in [4.78, 5) is 0. The lowest BCUT2D eigenvalue weighted by Crippen LogP contribution is -2.31. The minimum Gasteiger partial charge on any atom is -0.494 e. The first-order valence-electron chi connectivity index (χ1n) is 20.4. The van der Waals surface area contributed by atoms with Crippen LogP contribution in [0.4, 0.5) is 17.6 Å². The first kappa shape index (κ1) is 53.0. The molecule has 0 heterocycles. The molecule has 10 heteroatoms. The number of rotatable bonds is 20. The van der Waals surface area contributed by atoms with Crippen LogP contribution in [0.3, 0.4) is 0 Å². The van der Waals surface area contributed by atoms with E-state index in [0.717, 1.165) is 42.9 Å². The zero-order valence-corrected chi connectivity index (χ0v) is 37.7. The molecule has 3 rings (SSSR count). The van der Waals surface area contributed by atoms with Crippen molar-refractivity contribution in [3.63, 3.8) is 0 Å². The molecule has 0 aliphatic rings. The van der Waals surface area contributed by atoms with Crippen molar-refractivity contribution in [3.8, 4) is 5.75 Å². The highest BCUT2D eigenvalue weighted by atomic mass is 19.3. The number of hydrogen-bond donors (Lipinski definition) is 0. The molecule has 0 saturated heterocycles. The Balaban J connectivity index is 0.000000437. The standard InChI is InChI=1S/C17H26F2O2.C16H24F2O2.C15H24O2/c1-13(2)21-12-17(18,19)11-20-10-14-6-8-15(9-7-14)16(3,4)5;1-5-19-11-16(17,18)12-20-10-13-6-8-14(9-7-13)15(2,3)4;1-15(2,3)13-7-9-14(10-8-13)17-12-6-5-11-16-4/h6-9,13H,10-12H2,1-5H3;6-9H,5,10-12H2,1-4H3;7-10H,5-6,11-12H2,1-4H3. The molecule has 0 fully saturated rings. The second-order valence-corrected chi connectivity index (χ2v) is 17.9. The van der Waals surface area contributed by atoms with Crippen LogP contribution in [-0.2, 0) is 53.1 Å². The molecule has 0 amide bonds. The Morgan fingerprint density at radius 2 is 0.862 bits per heavy atom. The van der Waals surface area contributed by atoms with Crippen LogP contribution in [0.15, 0.2) is 72.8 Å². The normalized spacial score (nSPS) is 12.4. The highest BCUT2D eigenvalue weighted by Crippen LogP contribution is 2.26. The van der Waals surface area contributed by atoms with Gasteiger partial charge in [0.05, 0.1) is 25.9 Å². The van der Waals surface area contributed by atoms with Crippen LogP contribution in [0, 0.1) is 0 Å². The van der Waals surface area contributed by atoms with Crippen LogP contribution in [0.1, 0.15) is 124 Å². The van der Waals surface area contributed by atoms with Crippen molar-refractivity contribution in [3.05, 3.63) is 101 Å². The van der Waals surface area contributed by atoms with Crippen molar-refractivity contribution >= 4 is 0 Å². The summed E-state index contributed by atoms with van der Waals surface area (Å²) in [7, 11) is 1.73. The summed E-state index contributed by atoms with van der Waals surface area (Å²) in [6, 6.07) is 24.1. The molecule has 0 unspecified atom stereocenters. The van der Waals surface area contributed by atoms with Crippen LogP contribution < -0.4 is 4.74 Å². The zero-order valence-electron chi connectivity index (χ0n) is 37.7. The molecule has 3 aromatic rings. The van der Waals surface area contributed by atoms with Crippen LogP contribution in [0.5, 0.6) is 5.75 Å². The molecule has 6 nitrogen and oxygen atoms in total. The molecule has 0 aromatic heterocycles. The fourth-order valence-corrected chi connectivity index (χ4v) is 5.05. The maximum absolute atomic E-state index is 13.5. The molecule has 0 bridgehead atoms. The number of unbranched alkanes of at least 4 members (excludes halogenated alkanes) is 1. The van der Waals surface area contributed by atoms with Crippen LogP contribution >= 0.6 is 0 Å². The third-order valence-electron chi connectivity index (χ3n) is 8.68. The summed E-state index contributed by atoms with van der Waals surface area (Å²) in [5.74, 6) is -4.92. The molecule has 58 heavy (non-hydrogen) atoms. The van der Waals surface area contributed by atoms with E-state index in [1.807, 2.05) is 48.5 Å². The number of alkyl halides is 4. The van der Waals surface area contributed by atoms with Gasteiger partial charge in [-0.1, -0.05) is 123 Å². The van der Waals surface area contributed by atoms with Gasteiger partial charge in [-0.2, -0.15) is 0 Å². The van der Waals surface area contributed by atoms with E-state index in [4.69, 9.17) is 28.4 Å². The van der Waals surface area contributed by atoms with Gasteiger partial charge in [-0.15, -0.1) is 0 Å². The van der Waals surface area contributed by atoms with Crippen molar-refractivity contribution in [2.24, 2.45) is 0 Å². The van der Waals surface area contributed by atoms with Gasteiger partial charge in [0.1, 0.15) is 32.2 Å². The lowest BCUT2D eigenvalue weighted by molar-refractivity contribution is -0.135. The first-order valence-corrected chi connectivity index (χ1v) is 20.4. The molecule has 0 radical (unpaired) electrons. The summed E-state index contributed by atoms with van der Waals surface area (Å²) in [5.41, 5.74) is 5.92. The predicted octanol–water partition coefficient (Wildman–Crippen LogP) is 12.5. The number of ether oxygens (including phenoxy) is 6. The van der Waals surface area contributed by atoms with Gasteiger partial charge in [-0.05, 0) is 89.8 Å². The number of methoxy groups -OCH3 is 1. The molecular formula is C48H74F4O6. The van der Waals surface area contributed by atoms with Crippen LogP contribution in [0.25, 0.3) is 0 Å². The average molecular weight is 823 g/mol. The van der Waals surface area contributed by atoms with E-state index in [-0.39, 0.29) is 42.2 Å². The summed E-state index contributed by atoms with van der Waals surface area (Å²) >= 11 is 0. The summed E-state index contributed by atoms with van der Waals surface area (Å²) < 4.78 is 84.0. The van der Waals surface area contributed by atoms with Gasteiger partial charge in [0.15, 0.2) is 0 Å². The summed E-state index contributed by atoms with van der Waals surface area (Å²) in [6.45, 7) is 24.4. The highest BCUT2D eigenvalue weighted by Gasteiger charge is 2.31. The Morgan fingerprint density at radius 1 is 0.500 bits per heavy atom. The van der Waals surface area contributed by atoms with Crippen molar-refractivity contribution in [1.29, 1.82) is 0 Å². The molecular weight excluding hydrogens is 749 g/mol. The Bertz CT molecular complexity index is 1490. The second kappa shape index (κ2) is 25.6. The van der Waals surface area contributed by atoms with Gasteiger partial charge in [-0.3, -0.25) is 0 Å². The second-order valence-electron chi connectivity index (χ2n) is 17.9. The maximum atomic E-state index is 13.5. The van der Waals surface area contributed by atoms with Crippen molar-refractivity contribution in [2.45, 2.75) is 143 Å². The fourth-order valence-electron chi connectivity index (χ4n) is 5.05. The molecule has 0 atom stereocenters. The lowest BCUT2D eigenvalue weighted by Gasteiger charge is -2.20. The van der Waals surface area contributed by atoms with Gasteiger partial charge in [0.25, 0.3) is 11.8 Å². The van der Waals surface area contributed by atoms with Gasteiger partial charge in [-0.25, -0.2) is 17.6 Å². The predicted molar refractivity (Wildman–Crippen MR) is 229 cm³/mol. The summed E-state index contributed by atoms with van der Waals surface area (Å²) in [6.07, 6.45) is 1.88. The minimum atomic E-state index is -2.95. The van der Waals surface area contributed by atoms with Gasteiger partial charge in [0.2, 0.25) is 0 Å². The number of hydrogen-bond acceptors (Lipinski definition) is 6. The molecule has 0 spiro atoms. The average Bonchev–Trinajstić information content (AvgIpc) is 3.13. The van der Waals surface area contributed by atoms with E-state index in [1.54, 1.807) is 27.9 Å². The van der Waals surface area contributed by atoms with Crippen molar-refractivity contribution < 1.29 is 46.0 Å². The van der Waals surface area contributed by atoms with Crippen LogP contribution in [0.2, 0.25) is 0 Å². The molecule has 0 aliphatic heterocycles. The lowest BCUT2D eigenvalue weighted by atomic mass is 9.87. The maximum Gasteiger partial charge on any atom is 0.293 e. The Hall–Kier alpha value is -3.02. The third kappa shape index (κ3) is 24.2. The Kier molecular flexibility index (Phi) is 23.4. The first-order chi connectivity index (χ1) is 26.9. The van der Waals surface area contributed by atoms with Crippen molar-refractivity contribution in [2.75, 3.05) is 53.4 Å². The summed E-state index contributed by atoms with van der Waals surface area (Å²) in [5, 5.41) is 0. The number of halogens is 4. The van der Waals surface area contributed by atoms with Crippen LogP contribution in [-0.4, -0.2) is 71.3 Å². The zero-order chi connectivity index (χ0) is 44.0. The Labute approximate surface area is 348 Å². The van der Waals surface area contributed by atoms with E-state index in [1.165, 1.54) is 16.7 Å². The molecule has 0 N–H and O–H groups in total. The largest absolute Gasteiger partial charge is 0.494 e. The molecule has 0 saturated carbocycles. The monoisotopic (exact) mass is 823 g/mol. The SMILES string of the molecule is CC(C)OCC(F)(F)COCc1ccc(C(C)(C)C)cc1.CCOCC(F)(F)COCc1ccc(C(C)(C)C)cc1.COCCCCOc1ccc(C(C)(C)C)cc1.